The molecule has 0 N–H and O–H groups in total. The molecule has 1 aromatic heterocycles. The summed E-state index contributed by atoms with van der Waals surface area (Å²) in [5.41, 5.74) is 0.876. The van der Waals surface area contributed by atoms with Crippen molar-refractivity contribution in [3.63, 3.8) is 0 Å². The highest BCUT2D eigenvalue weighted by molar-refractivity contribution is 6.66. The van der Waals surface area contributed by atoms with Crippen LogP contribution < -0.4 is 0 Å². The lowest BCUT2D eigenvalue weighted by atomic mass is 10.0. The van der Waals surface area contributed by atoms with Crippen LogP contribution in [0.3, 0.4) is 0 Å². The van der Waals surface area contributed by atoms with Gasteiger partial charge in [0.2, 0.25) is 3.79 Å². The van der Waals surface area contributed by atoms with Gasteiger partial charge in [0, 0.05) is 5.56 Å². The number of hydrogen-bond donors (Lipinski definition) is 0. The Balaban J connectivity index is 2.21. The van der Waals surface area contributed by atoms with E-state index in [0.717, 1.165) is 16.3 Å². The van der Waals surface area contributed by atoms with Crippen LogP contribution >= 0.6 is 34.8 Å². The molecule has 3 rings (SSSR count). The van der Waals surface area contributed by atoms with E-state index in [4.69, 9.17) is 34.8 Å². The number of aromatic nitrogens is 3. The molecule has 0 amide bonds. The average molecular weight is 325 g/mol. The molecule has 0 unspecified atom stereocenters. The van der Waals surface area contributed by atoms with E-state index < -0.39 is 3.79 Å². The van der Waals surface area contributed by atoms with Crippen LogP contribution in [0.4, 0.5) is 0 Å². The lowest BCUT2D eigenvalue weighted by molar-refractivity contribution is 0.925. The first-order valence-corrected chi connectivity index (χ1v) is 6.93. The minimum Gasteiger partial charge on any atom is -0.217 e. The van der Waals surface area contributed by atoms with Gasteiger partial charge in [0.15, 0.2) is 11.6 Å². The van der Waals surface area contributed by atoms with E-state index in [0.29, 0.717) is 5.82 Å². The molecule has 0 saturated carbocycles. The molecule has 2 aromatic carbocycles. The predicted octanol–water partition coefficient (Wildman–Crippen LogP) is 4.52. The molecular formula is C14H8Cl3N3. The van der Waals surface area contributed by atoms with Gasteiger partial charge in [0.1, 0.15) is 6.33 Å². The summed E-state index contributed by atoms with van der Waals surface area (Å²) in [5, 5.41) is 2.14. The van der Waals surface area contributed by atoms with Gasteiger partial charge < -0.3 is 0 Å². The normalized spacial score (nSPS) is 11.8. The molecule has 0 spiro atoms. The van der Waals surface area contributed by atoms with Crippen molar-refractivity contribution in [2.24, 2.45) is 0 Å². The SMILES string of the molecule is ClC(Cl)(Cl)c1ncnc(-c2cccc3ccccc23)n1. The zero-order valence-electron chi connectivity index (χ0n) is 10.1. The van der Waals surface area contributed by atoms with E-state index in [9.17, 15) is 0 Å². The van der Waals surface area contributed by atoms with Crippen LogP contribution in [0.5, 0.6) is 0 Å². The summed E-state index contributed by atoms with van der Waals surface area (Å²) in [5.74, 6) is 0.596. The average Bonchev–Trinajstić information content (AvgIpc) is 2.46. The Hall–Kier alpha value is -1.42. The molecule has 0 bridgehead atoms. The molecule has 0 aliphatic carbocycles. The summed E-state index contributed by atoms with van der Waals surface area (Å²) in [7, 11) is 0. The first-order valence-electron chi connectivity index (χ1n) is 5.80. The molecule has 3 nitrogen and oxygen atoms in total. The van der Waals surface area contributed by atoms with Crippen molar-refractivity contribution in [1.29, 1.82) is 0 Å². The fraction of sp³-hybridized carbons (Fsp3) is 0.0714. The van der Waals surface area contributed by atoms with Gasteiger partial charge in [-0.2, -0.15) is 0 Å². The predicted molar refractivity (Wildman–Crippen MR) is 82.0 cm³/mol. The topological polar surface area (TPSA) is 38.7 Å². The van der Waals surface area contributed by atoms with Crippen LogP contribution in [0.1, 0.15) is 5.82 Å². The van der Waals surface area contributed by atoms with Crippen LogP contribution in [0.25, 0.3) is 22.2 Å². The fourth-order valence-electron chi connectivity index (χ4n) is 1.98. The molecule has 1 heterocycles. The molecule has 0 radical (unpaired) electrons. The molecule has 6 heteroatoms. The van der Waals surface area contributed by atoms with Crippen LogP contribution in [0.15, 0.2) is 48.8 Å². The Kier molecular flexibility index (Phi) is 3.50. The quantitative estimate of drug-likeness (QED) is 0.618. The van der Waals surface area contributed by atoms with Gasteiger partial charge in [-0.1, -0.05) is 77.3 Å². The van der Waals surface area contributed by atoms with Crippen molar-refractivity contribution in [1.82, 2.24) is 15.0 Å². The summed E-state index contributed by atoms with van der Waals surface area (Å²) in [4.78, 5) is 12.3. The van der Waals surface area contributed by atoms with E-state index in [2.05, 4.69) is 15.0 Å². The summed E-state index contributed by atoms with van der Waals surface area (Å²) in [6.45, 7) is 0. The zero-order chi connectivity index (χ0) is 14.2. The molecule has 3 aromatic rings. The van der Waals surface area contributed by atoms with Gasteiger partial charge in [0.25, 0.3) is 0 Å². The fourth-order valence-corrected chi connectivity index (χ4v) is 2.26. The number of nitrogens with zero attached hydrogens (tertiary/aromatic N) is 3. The third-order valence-corrected chi connectivity index (χ3v) is 3.36. The van der Waals surface area contributed by atoms with Crippen molar-refractivity contribution >= 4 is 45.6 Å². The number of rotatable bonds is 1. The van der Waals surface area contributed by atoms with Crippen molar-refractivity contribution in [3.8, 4) is 11.4 Å². The summed E-state index contributed by atoms with van der Waals surface area (Å²) >= 11 is 17.4. The van der Waals surface area contributed by atoms with E-state index in [1.165, 1.54) is 6.33 Å². The number of halogens is 3. The van der Waals surface area contributed by atoms with Gasteiger partial charge >= 0.3 is 0 Å². The maximum atomic E-state index is 5.81. The first-order chi connectivity index (χ1) is 9.55. The lowest BCUT2D eigenvalue weighted by Crippen LogP contribution is -2.08. The second-order valence-electron chi connectivity index (χ2n) is 4.16. The van der Waals surface area contributed by atoms with Gasteiger partial charge in [-0.25, -0.2) is 15.0 Å². The number of hydrogen-bond acceptors (Lipinski definition) is 3. The highest BCUT2D eigenvalue weighted by Crippen LogP contribution is 2.36. The summed E-state index contributed by atoms with van der Waals surface area (Å²) in [6.07, 6.45) is 1.35. The van der Waals surface area contributed by atoms with Crippen LogP contribution in [0.2, 0.25) is 0 Å². The number of benzene rings is 2. The summed E-state index contributed by atoms with van der Waals surface area (Å²) in [6, 6.07) is 13.9. The third kappa shape index (κ3) is 2.57. The van der Waals surface area contributed by atoms with Gasteiger partial charge in [-0.05, 0) is 10.8 Å². The van der Waals surface area contributed by atoms with Crippen LogP contribution in [0, 0.1) is 0 Å². The Morgan fingerprint density at radius 1 is 0.850 bits per heavy atom. The Morgan fingerprint density at radius 3 is 2.40 bits per heavy atom. The second-order valence-corrected chi connectivity index (χ2v) is 6.44. The molecule has 0 atom stereocenters. The van der Waals surface area contributed by atoms with Crippen LogP contribution in [-0.2, 0) is 3.79 Å². The van der Waals surface area contributed by atoms with Crippen molar-refractivity contribution in [2.45, 2.75) is 3.79 Å². The van der Waals surface area contributed by atoms with Gasteiger partial charge in [-0.15, -0.1) is 0 Å². The molecule has 0 saturated heterocycles. The Morgan fingerprint density at radius 2 is 1.60 bits per heavy atom. The monoisotopic (exact) mass is 323 g/mol. The molecule has 0 fully saturated rings. The largest absolute Gasteiger partial charge is 0.250 e. The molecule has 0 aliphatic rings. The van der Waals surface area contributed by atoms with Gasteiger partial charge in [0.05, 0.1) is 0 Å². The maximum Gasteiger partial charge on any atom is 0.250 e. The van der Waals surface area contributed by atoms with E-state index >= 15 is 0 Å². The highest BCUT2D eigenvalue weighted by atomic mass is 35.6. The minimum absolute atomic E-state index is 0.112. The van der Waals surface area contributed by atoms with Crippen molar-refractivity contribution < 1.29 is 0 Å². The van der Waals surface area contributed by atoms with Crippen LogP contribution in [-0.4, -0.2) is 15.0 Å². The Bertz CT molecular complexity index is 763. The van der Waals surface area contributed by atoms with E-state index in [1.807, 2.05) is 42.5 Å². The van der Waals surface area contributed by atoms with E-state index in [-0.39, 0.29) is 5.82 Å². The highest BCUT2D eigenvalue weighted by Gasteiger charge is 2.27. The number of alkyl halides is 3. The first kappa shape index (κ1) is 13.6. The lowest BCUT2D eigenvalue weighted by Gasteiger charge is -2.10. The smallest absolute Gasteiger partial charge is 0.217 e. The molecule has 0 aliphatic heterocycles. The third-order valence-electron chi connectivity index (χ3n) is 2.86. The second kappa shape index (κ2) is 5.17. The Labute approximate surface area is 130 Å². The molecule has 100 valence electrons. The van der Waals surface area contributed by atoms with Crippen molar-refractivity contribution in [3.05, 3.63) is 54.6 Å². The van der Waals surface area contributed by atoms with Crippen molar-refractivity contribution in [2.75, 3.05) is 0 Å². The summed E-state index contributed by atoms with van der Waals surface area (Å²) < 4.78 is -1.66. The maximum absolute atomic E-state index is 5.81. The molecular weight excluding hydrogens is 317 g/mol. The number of fused-ring (bicyclic) bond motifs is 1. The van der Waals surface area contributed by atoms with Gasteiger partial charge in [-0.3, -0.25) is 0 Å². The van der Waals surface area contributed by atoms with E-state index in [1.54, 1.807) is 0 Å². The molecule has 20 heavy (non-hydrogen) atoms. The minimum atomic E-state index is -1.66. The zero-order valence-corrected chi connectivity index (χ0v) is 12.4. The standard InChI is InChI=1S/C14H8Cl3N3/c15-14(16,17)13-19-8-18-12(20-13)11-7-3-5-9-4-1-2-6-10(9)11/h1-8H.